The van der Waals surface area contributed by atoms with Crippen LogP contribution < -0.4 is 0 Å². The molecule has 0 N–H and O–H groups in total. The van der Waals surface area contributed by atoms with Gasteiger partial charge in [0.1, 0.15) is 0 Å². The average Bonchev–Trinajstić information content (AvgIpc) is 2.92. The molecule has 1 aliphatic heterocycles. The summed E-state index contributed by atoms with van der Waals surface area (Å²) in [4.78, 5) is 14.4. The highest BCUT2D eigenvalue weighted by molar-refractivity contribution is 6.36. The van der Waals surface area contributed by atoms with Crippen LogP contribution in [0, 0.1) is 0 Å². The second-order valence-corrected chi connectivity index (χ2v) is 5.05. The molecule has 0 aromatic heterocycles. The largest absolute Gasteiger partial charge is 0.339 e. The van der Waals surface area contributed by atoms with Crippen LogP contribution in [-0.2, 0) is 0 Å². The van der Waals surface area contributed by atoms with E-state index in [1.54, 1.807) is 0 Å². The van der Waals surface area contributed by atoms with Gasteiger partial charge in [0.05, 0.1) is 0 Å². The average molecular weight is 260 g/mol. The van der Waals surface area contributed by atoms with E-state index in [1.807, 2.05) is 41.3 Å². The van der Waals surface area contributed by atoms with Crippen LogP contribution in [0.5, 0.6) is 0 Å². The molecule has 2 aromatic rings. The van der Waals surface area contributed by atoms with E-state index in [0.717, 1.165) is 42.3 Å². The normalized spacial score (nSPS) is 15.3. The first-order valence-electron chi connectivity index (χ1n) is 6.24. The fourth-order valence-electron chi connectivity index (χ4n) is 2.55. The summed E-state index contributed by atoms with van der Waals surface area (Å²) in [7, 11) is 0. The predicted octanol–water partition coefficient (Wildman–Crippen LogP) is 3.73. The maximum Gasteiger partial charge on any atom is 0.254 e. The Morgan fingerprint density at radius 2 is 1.67 bits per heavy atom. The van der Waals surface area contributed by atoms with Gasteiger partial charge in [-0.25, -0.2) is 0 Å². The van der Waals surface area contributed by atoms with E-state index in [2.05, 4.69) is 0 Å². The number of benzene rings is 2. The first kappa shape index (κ1) is 11.5. The molecule has 0 saturated carbocycles. The Morgan fingerprint density at radius 3 is 2.44 bits per heavy atom. The Balaban J connectivity index is 2.11. The van der Waals surface area contributed by atoms with Crippen LogP contribution in [0.15, 0.2) is 36.4 Å². The highest BCUT2D eigenvalue weighted by atomic mass is 35.5. The molecule has 0 spiro atoms. The fraction of sp³-hybridized carbons (Fsp3) is 0.267. The SMILES string of the molecule is O=C(c1cccc2c(Cl)cccc12)N1CCCC1. The molecule has 18 heavy (non-hydrogen) atoms. The third-order valence-corrected chi connectivity index (χ3v) is 3.82. The lowest BCUT2D eigenvalue weighted by atomic mass is 10.0. The summed E-state index contributed by atoms with van der Waals surface area (Å²) in [5.41, 5.74) is 0.761. The van der Waals surface area contributed by atoms with Crippen molar-refractivity contribution in [2.24, 2.45) is 0 Å². The van der Waals surface area contributed by atoms with E-state index >= 15 is 0 Å². The predicted molar refractivity (Wildman–Crippen MR) is 74.1 cm³/mol. The fourth-order valence-corrected chi connectivity index (χ4v) is 2.79. The van der Waals surface area contributed by atoms with Gasteiger partial charge in [0, 0.05) is 29.1 Å². The standard InChI is InChI=1S/C15H14ClNO/c16-14-8-4-5-11-12(14)6-3-7-13(11)15(18)17-9-1-2-10-17/h3-8H,1-2,9-10H2. The second-order valence-electron chi connectivity index (χ2n) is 4.64. The van der Waals surface area contributed by atoms with Crippen molar-refractivity contribution in [1.82, 2.24) is 4.90 Å². The van der Waals surface area contributed by atoms with Crippen LogP contribution in [0.2, 0.25) is 5.02 Å². The third kappa shape index (κ3) is 1.87. The second kappa shape index (κ2) is 4.62. The summed E-state index contributed by atoms with van der Waals surface area (Å²) in [5, 5.41) is 2.59. The summed E-state index contributed by atoms with van der Waals surface area (Å²) in [5.74, 6) is 0.125. The van der Waals surface area contributed by atoms with Gasteiger partial charge in [-0.05, 0) is 30.4 Å². The minimum Gasteiger partial charge on any atom is -0.339 e. The van der Waals surface area contributed by atoms with Crippen LogP contribution in [0.1, 0.15) is 23.2 Å². The van der Waals surface area contributed by atoms with E-state index < -0.39 is 0 Å². The number of amides is 1. The number of likely N-dealkylation sites (tertiary alicyclic amines) is 1. The molecule has 0 atom stereocenters. The Bertz CT molecular complexity index is 602. The van der Waals surface area contributed by atoms with Crippen molar-refractivity contribution in [3.8, 4) is 0 Å². The van der Waals surface area contributed by atoms with Crippen molar-refractivity contribution in [2.75, 3.05) is 13.1 Å². The van der Waals surface area contributed by atoms with Crippen LogP contribution in [0.25, 0.3) is 10.8 Å². The van der Waals surface area contributed by atoms with E-state index in [4.69, 9.17) is 11.6 Å². The molecule has 1 aliphatic rings. The summed E-state index contributed by atoms with van der Waals surface area (Å²) >= 11 is 6.17. The summed E-state index contributed by atoms with van der Waals surface area (Å²) in [6.07, 6.45) is 2.22. The van der Waals surface area contributed by atoms with Crippen molar-refractivity contribution < 1.29 is 4.79 Å². The van der Waals surface area contributed by atoms with Gasteiger partial charge in [-0.15, -0.1) is 0 Å². The number of hydrogen-bond donors (Lipinski definition) is 0. The Morgan fingerprint density at radius 1 is 1.00 bits per heavy atom. The number of carbonyl (C=O) groups is 1. The number of nitrogens with zero attached hydrogens (tertiary/aromatic N) is 1. The number of fused-ring (bicyclic) bond motifs is 1. The zero-order valence-electron chi connectivity index (χ0n) is 10.0. The molecule has 2 nitrogen and oxygen atoms in total. The molecule has 1 saturated heterocycles. The van der Waals surface area contributed by atoms with E-state index in [1.165, 1.54) is 0 Å². The molecule has 92 valence electrons. The van der Waals surface area contributed by atoms with Gasteiger partial charge in [0.15, 0.2) is 0 Å². The number of carbonyl (C=O) groups excluding carboxylic acids is 1. The van der Waals surface area contributed by atoms with Gasteiger partial charge >= 0.3 is 0 Å². The topological polar surface area (TPSA) is 20.3 Å². The van der Waals surface area contributed by atoms with Crippen molar-refractivity contribution in [1.29, 1.82) is 0 Å². The minimum absolute atomic E-state index is 0.125. The first-order chi connectivity index (χ1) is 8.77. The maximum absolute atomic E-state index is 12.5. The van der Waals surface area contributed by atoms with E-state index in [9.17, 15) is 4.79 Å². The van der Waals surface area contributed by atoms with E-state index in [-0.39, 0.29) is 5.91 Å². The zero-order valence-corrected chi connectivity index (χ0v) is 10.8. The molecule has 0 unspecified atom stereocenters. The Kier molecular flexibility index (Phi) is 2.96. The van der Waals surface area contributed by atoms with Crippen LogP contribution in [0.4, 0.5) is 0 Å². The van der Waals surface area contributed by atoms with Gasteiger partial charge in [0.2, 0.25) is 0 Å². The summed E-state index contributed by atoms with van der Waals surface area (Å²) in [6, 6.07) is 11.5. The third-order valence-electron chi connectivity index (χ3n) is 3.49. The molecule has 0 bridgehead atoms. The highest BCUT2D eigenvalue weighted by Gasteiger charge is 2.21. The quantitative estimate of drug-likeness (QED) is 0.764. The monoisotopic (exact) mass is 259 g/mol. The first-order valence-corrected chi connectivity index (χ1v) is 6.62. The Labute approximate surface area is 111 Å². The van der Waals surface area contributed by atoms with E-state index in [0.29, 0.717) is 5.02 Å². The van der Waals surface area contributed by atoms with Crippen molar-refractivity contribution in [2.45, 2.75) is 12.8 Å². The highest BCUT2D eigenvalue weighted by Crippen LogP contribution is 2.27. The molecular formula is C15H14ClNO. The molecule has 1 amide bonds. The van der Waals surface area contributed by atoms with Crippen molar-refractivity contribution in [3.63, 3.8) is 0 Å². The molecule has 2 aromatic carbocycles. The molecule has 3 heteroatoms. The van der Waals surface area contributed by atoms with Gasteiger partial charge in [-0.2, -0.15) is 0 Å². The van der Waals surface area contributed by atoms with Crippen LogP contribution >= 0.6 is 11.6 Å². The number of rotatable bonds is 1. The lowest BCUT2D eigenvalue weighted by Crippen LogP contribution is -2.27. The van der Waals surface area contributed by atoms with Crippen molar-refractivity contribution >= 4 is 28.3 Å². The van der Waals surface area contributed by atoms with Gasteiger partial charge in [0.25, 0.3) is 5.91 Å². The molecular weight excluding hydrogens is 246 g/mol. The van der Waals surface area contributed by atoms with Crippen molar-refractivity contribution in [3.05, 3.63) is 47.0 Å². The van der Waals surface area contributed by atoms with Gasteiger partial charge in [-0.1, -0.05) is 35.9 Å². The maximum atomic E-state index is 12.5. The van der Waals surface area contributed by atoms with Gasteiger partial charge in [-0.3, -0.25) is 4.79 Å². The summed E-state index contributed by atoms with van der Waals surface area (Å²) in [6.45, 7) is 1.74. The minimum atomic E-state index is 0.125. The number of halogens is 1. The Hall–Kier alpha value is -1.54. The lowest BCUT2D eigenvalue weighted by Gasteiger charge is -2.16. The van der Waals surface area contributed by atoms with Crippen LogP contribution in [0.3, 0.4) is 0 Å². The molecule has 0 radical (unpaired) electrons. The summed E-state index contributed by atoms with van der Waals surface area (Å²) < 4.78 is 0. The van der Waals surface area contributed by atoms with Gasteiger partial charge < -0.3 is 4.90 Å². The molecule has 1 heterocycles. The number of hydrogen-bond acceptors (Lipinski definition) is 1. The molecule has 0 aliphatic carbocycles. The molecule has 1 fully saturated rings. The molecule has 3 rings (SSSR count). The lowest BCUT2D eigenvalue weighted by molar-refractivity contribution is 0.0795. The zero-order chi connectivity index (χ0) is 12.5. The van der Waals surface area contributed by atoms with Crippen LogP contribution in [-0.4, -0.2) is 23.9 Å². The smallest absolute Gasteiger partial charge is 0.254 e.